The summed E-state index contributed by atoms with van der Waals surface area (Å²) in [7, 11) is -4.35. The number of piperidine rings is 1. The van der Waals surface area contributed by atoms with Crippen molar-refractivity contribution in [1.29, 1.82) is 0 Å². The number of fused-ring (bicyclic) bond motifs is 2. The Kier molecular flexibility index (Phi) is 5.76. The summed E-state index contributed by atoms with van der Waals surface area (Å²) >= 11 is 5.78. The lowest BCUT2D eigenvalue weighted by Crippen LogP contribution is -2.48. The second-order valence-corrected chi connectivity index (χ2v) is 8.10. The van der Waals surface area contributed by atoms with Gasteiger partial charge in [0.25, 0.3) is 0 Å². The van der Waals surface area contributed by atoms with Crippen LogP contribution in [0.15, 0.2) is 23.1 Å². The zero-order chi connectivity index (χ0) is 16.8. The Morgan fingerprint density at radius 2 is 1.75 bits per heavy atom. The van der Waals surface area contributed by atoms with Gasteiger partial charge in [-0.05, 0) is 37.8 Å². The largest absolute Gasteiger partial charge is 0.417 e. The molecule has 0 aliphatic carbocycles. The molecule has 2 aliphatic rings. The Morgan fingerprint density at radius 3 is 2.29 bits per heavy atom. The molecule has 2 bridgehead atoms. The van der Waals surface area contributed by atoms with Gasteiger partial charge in [-0.2, -0.15) is 13.2 Å². The number of nitrogens with one attached hydrogen (secondary N) is 2. The third-order valence-electron chi connectivity index (χ3n) is 4.34. The molecular formula is C14H17Cl2F3N2O2S. The van der Waals surface area contributed by atoms with E-state index in [4.69, 9.17) is 11.6 Å². The summed E-state index contributed by atoms with van der Waals surface area (Å²) in [5.41, 5.74) is -1.24. The van der Waals surface area contributed by atoms with E-state index >= 15 is 0 Å². The molecule has 0 spiro atoms. The summed E-state index contributed by atoms with van der Waals surface area (Å²) in [6, 6.07) is 3.03. The highest BCUT2D eigenvalue weighted by molar-refractivity contribution is 7.89. The minimum Gasteiger partial charge on any atom is -0.311 e. The summed E-state index contributed by atoms with van der Waals surface area (Å²) in [4.78, 5) is -0.889. The second kappa shape index (κ2) is 6.99. The molecule has 0 amide bonds. The van der Waals surface area contributed by atoms with Crippen molar-refractivity contribution >= 4 is 34.0 Å². The lowest BCUT2D eigenvalue weighted by molar-refractivity contribution is -0.139. The molecule has 2 saturated heterocycles. The summed E-state index contributed by atoms with van der Waals surface area (Å²) in [6.45, 7) is 0. The fraction of sp³-hybridized carbons (Fsp3) is 0.571. The van der Waals surface area contributed by atoms with Crippen LogP contribution < -0.4 is 10.0 Å². The first-order chi connectivity index (χ1) is 10.7. The maximum absolute atomic E-state index is 13.1. The standard InChI is InChI=1S/C14H16ClF3N2O2S.ClH/c15-12-3-1-2-11(14(16,17)18)13(12)23(21,22)20-10-6-8-4-5-9(7-10)19-8;/h1-3,8-10,19-20H,4-7H2;1H. The molecule has 0 saturated carbocycles. The van der Waals surface area contributed by atoms with Gasteiger partial charge >= 0.3 is 6.18 Å². The highest BCUT2D eigenvalue weighted by Crippen LogP contribution is 2.38. The Balaban J connectivity index is 0.00000208. The van der Waals surface area contributed by atoms with E-state index in [1.165, 1.54) is 0 Å². The fourth-order valence-corrected chi connectivity index (χ4v) is 5.46. The van der Waals surface area contributed by atoms with Crippen LogP contribution in [0, 0.1) is 0 Å². The number of benzene rings is 1. The number of hydrogen-bond acceptors (Lipinski definition) is 3. The Hall–Kier alpha value is -0.540. The fourth-order valence-electron chi connectivity index (χ4n) is 3.44. The van der Waals surface area contributed by atoms with Crippen LogP contribution in [0.4, 0.5) is 13.2 Å². The van der Waals surface area contributed by atoms with Gasteiger partial charge in [0.15, 0.2) is 0 Å². The van der Waals surface area contributed by atoms with Gasteiger partial charge in [0.2, 0.25) is 10.0 Å². The summed E-state index contributed by atoms with van der Waals surface area (Å²) in [6.07, 6.45) is -1.73. The van der Waals surface area contributed by atoms with Crippen molar-refractivity contribution in [3.8, 4) is 0 Å². The van der Waals surface area contributed by atoms with Crippen molar-refractivity contribution in [3.05, 3.63) is 28.8 Å². The zero-order valence-corrected chi connectivity index (χ0v) is 14.8. The van der Waals surface area contributed by atoms with Gasteiger partial charge in [-0.1, -0.05) is 17.7 Å². The van der Waals surface area contributed by atoms with Crippen LogP contribution in [-0.2, 0) is 16.2 Å². The summed E-state index contributed by atoms with van der Waals surface area (Å²) in [5.74, 6) is 0. The SMILES string of the molecule is Cl.O=S(=O)(NC1CC2CCC(C1)N2)c1c(Cl)cccc1C(F)(F)F. The number of alkyl halides is 3. The highest BCUT2D eigenvalue weighted by Gasteiger charge is 2.40. The molecule has 4 nitrogen and oxygen atoms in total. The minimum atomic E-state index is -4.79. The first kappa shape index (κ1) is 19.8. The first-order valence-corrected chi connectivity index (χ1v) is 9.17. The maximum Gasteiger partial charge on any atom is 0.417 e. The van der Waals surface area contributed by atoms with Crippen molar-refractivity contribution in [2.75, 3.05) is 0 Å². The van der Waals surface area contributed by atoms with E-state index in [1.807, 2.05) is 0 Å². The van der Waals surface area contributed by atoms with Crippen molar-refractivity contribution < 1.29 is 21.6 Å². The topological polar surface area (TPSA) is 58.2 Å². The molecule has 24 heavy (non-hydrogen) atoms. The van der Waals surface area contributed by atoms with Gasteiger partial charge in [-0.25, -0.2) is 13.1 Å². The highest BCUT2D eigenvalue weighted by atomic mass is 35.5. The van der Waals surface area contributed by atoms with Crippen molar-refractivity contribution in [2.45, 2.75) is 54.9 Å². The van der Waals surface area contributed by atoms with Crippen LogP contribution >= 0.6 is 24.0 Å². The number of sulfonamides is 1. The van der Waals surface area contributed by atoms with Gasteiger partial charge in [-0.3, -0.25) is 0 Å². The summed E-state index contributed by atoms with van der Waals surface area (Å²) < 4.78 is 66.8. The number of halogens is 5. The summed E-state index contributed by atoms with van der Waals surface area (Å²) in [5, 5.41) is 2.93. The van der Waals surface area contributed by atoms with Gasteiger partial charge in [-0.15, -0.1) is 12.4 Å². The molecule has 10 heteroatoms. The third kappa shape index (κ3) is 3.99. The Morgan fingerprint density at radius 1 is 1.17 bits per heavy atom. The third-order valence-corrected chi connectivity index (χ3v) is 6.38. The van der Waals surface area contributed by atoms with E-state index in [1.54, 1.807) is 0 Å². The lowest BCUT2D eigenvalue weighted by Gasteiger charge is -2.29. The van der Waals surface area contributed by atoms with E-state index in [9.17, 15) is 21.6 Å². The maximum atomic E-state index is 13.1. The molecule has 1 aromatic carbocycles. The minimum absolute atomic E-state index is 0. The molecule has 136 valence electrons. The number of hydrogen-bond donors (Lipinski definition) is 2. The zero-order valence-electron chi connectivity index (χ0n) is 12.4. The van der Waals surface area contributed by atoms with E-state index in [0.717, 1.165) is 31.0 Å². The average molecular weight is 405 g/mol. The van der Waals surface area contributed by atoms with Crippen LogP contribution in [0.25, 0.3) is 0 Å². The van der Waals surface area contributed by atoms with Crippen LogP contribution in [-0.4, -0.2) is 26.5 Å². The Labute approximate surface area is 149 Å². The van der Waals surface area contributed by atoms with Crippen LogP contribution in [0.1, 0.15) is 31.2 Å². The van der Waals surface area contributed by atoms with E-state index in [-0.39, 0.29) is 30.5 Å². The predicted octanol–water partition coefficient (Wildman–Crippen LogP) is 3.34. The Bertz CT molecular complexity index is 700. The molecule has 2 N–H and O–H groups in total. The molecule has 2 fully saturated rings. The van der Waals surface area contributed by atoms with Gasteiger partial charge in [0, 0.05) is 18.1 Å². The molecule has 1 aromatic rings. The first-order valence-electron chi connectivity index (χ1n) is 7.31. The molecule has 3 rings (SSSR count). The molecule has 2 atom stereocenters. The van der Waals surface area contributed by atoms with Gasteiger partial charge in [0.1, 0.15) is 4.90 Å². The predicted molar refractivity (Wildman–Crippen MR) is 87.0 cm³/mol. The molecule has 2 unspecified atom stereocenters. The normalized spacial score (nSPS) is 26.9. The van der Waals surface area contributed by atoms with Gasteiger partial charge in [0.05, 0.1) is 10.6 Å². The number of rotatable bonds is 3. The molecule has 2 heterocycles. The molecule has 2 aliphatic heterocycles. The van der Waals surface area contributed by atoms with E-state index in [2.05, 4.69) is 10.0 Å². The quantitative estimate of drug-likeness (QED) is 0.811. The van der Waals surface area contributed by atoms with E-state index < -0.39 is 31.7 Å². The van der Waals surface area contributed by atoms with Crippen molar-refractivity contribution in [1.82, 2.24) is 10.0 Å². The van der Waals surface area contributed by atoms with Crippen molar-refractivity contribution in [2.24, 2.45) is 0 Å². The van der Waals surface area contributed by atoms with Crippen LogP contribution in [0.5, 0.6) is 0 Å². The second-order valence-electron chi connectivity index (χ2n) is 6.04. The van der Waals surface area contributed by atoms with E-state index in [0.29, 0.717) is 12.8 Å². The monoisotopic (exact) mass is 404 g/mol. The van der Waals surface area contributed by atoms with Crippen LogP contribution in [0.3, 0.4) is 0 Å². The smallest absolute Gasteiger partial charge is 0.311 e. The van der Waals surface area contributed by atoms with Crippen molar-refractivity contribution in [3.63, 3.8) is 0 Å². The molecule has 0 aromatic heterocycles. The molecular weight excluding hydrogens is 388 g/mol. The van der Waals surface area contributed by atoms with Gasteiger partial charge < -0.3 is 5.32 Å². The average Bonchev–Trinajstić information content (AvgIpc) is 2.76. The molecule has 0 radical (unpaired) electrons. The lowest BCUT2D eigenvalue weighted by atomic mass is 10.0. The van der Waals surface area contributed by atoms with Crippen LogP contribution in [0.2, 0.25) is 5.02 Å².